The number of hydrogen-bond acceptors (Lipinski definition) is 8. The normalized spacial score (nSPS) is 13.2. The SMILES string of the molecule is CCCCCCCC(=O)OC(C)(O)C(O)(OC(=O)CCCCCCC)OC(=O)CCCCCCC. The third-order valence-electron chi connectivity index (χ3n) is 5.86. The average molecular weight is 503 g/mol. The van der Waals surface area contributed by atoms with Crippen LogP contribution in [0.3, 0.4) is 0 Å². The summed E-state index contributed by atoms with van der Waals surface area (Å²) in [5.74, 6) is -8.38. The number of rotatable bonds is 22. The molecular formula is C27H50O8. The Morgan fingerprint density at radius 3 is 1.11 bits per heavy atom. The van der Waals surface area contributed by atoms with Gasteiger partial charge in [0, 0.05) is 26.2 Å². The third-order valence-corrected chi connectivity index (χ3v) is 5.86. The quantitative estimate of drug-likeness (QED) is 0.104. The third kappa shape index (κ3) is 15.8. The van der Waals surface area contributed by atoms with E-state index in [2.05, 4.69) is 20.8 Å². The molecule has 0 aromatic rings. The van der Waals surface area contributed by atoms with E-state index in [-0.39, 0.29) is 19.3 Å². The minimum atomic E-state index is -3.13. The molecule has 35 heavy (non-hydrogen) atoms. The predicted molar refractivity (Wildman–Crippen MR) is 134 cm³/mol. The molecule has 0 fully saturated rings. The summed E-state index contributed by atoms with van der Waals surface area (Å²) in [6.07, 6.45) is 13.3. The van der Waals surface area contributed by atoms with Crippen molar-refractivity contribution in [2.45, 2.75) is 155 Å². The monoisotopic (exact) mass is 502 g/mol. The van der Waals surface area contributed by atoms with Gasteiger partial charge in [-0.1, -0.05) is 97.8 Å². The van der Waals surface area contributed by atoms with E-state index in [0.29, 0.717) is 19.3 Å². The minimum absolute atomic E-state index is 0.0205. The van der Waals surface area contributed by atoms with Crippen molar-refractivity contribution in [2.75, 3.05) is 0 Å². The zero-order chi connectivity index (χ0) is 26.6. The molecule has 0 saturated heterocycles. The molecule has 0 aliphatic rings. The van der Waals surface area contributed by atoms with Gasteiger partial charge in [0.15, 0.2) is 0 Å². The number of carbonyl (C=O) groups excluding carboxylic acids is 3. The maximum atomic E-state index is 12.4. The second kappa shape index (κ2) is 19.5. The van der Waals surface area contributed by atoms with Gasteiger partial charge < -0.3 is 24.4 Å². The van der Waals surface area contributed by atoms with Crippen LogP contribution in [-0.4, -0.2) is 39.9 Å². The molecule has 2 N–H and O–H groups in total. The van der Waals surface area contributed by atoms with Crippen molar-refractivity contribution in [3.8, 4) is 0 Å². The number of esters is 3. The van der Waals surface area contributed by atoms with Gasteiger partial charge in [0.1, 0.15) is 0 Å². The second-order valence-corrected chi connectivity index (χ2v) is 9.48. The molecule has 0 aromatic carbocycles. The second-order valence-electron chi connectivity index (χ2n) is 9.48. The molecule has 0 radical (unpaired) electrons. The van der Waals surface area contributed by atoms with Crippen molar-refractivity contribution >= 4 is 17.9 Å². The Labute approximate surface area is 212 Å². The fraction of sp³-hybridized carbons (Fsp3) is 0.889. The zero-order valence-electron chi connectivity index (χ0n) is 22.6. The van der Waals surface area contributed by atoms with Crippen LogP contribution in [0.4, 0.5) is 0 Å². The van der Waals surface area contributed by atoms with E-state index in [0.717, 1.165) is 84.0 Å². The van der Waals surface area contributed by atoms with Crippen molar-refractivity contribution < 1.29 is 38.8 Å². The highest BCUT2D eigenvalue weighted by molar-refractivity contribution is 5.72. The van der Waals surface area contributed by atoms with Gasteiger partial charge in [-0.25, -0.2) is 0 Å². The number of unbranched alkanes of at least 4 members (excludes halogenated alkanes) is 12. The molecular weight excluding hydrogens is 452 g/mol. The minimum Gasteiger partial charge on any atom is -0.422 e. The highest BCUT2D eigenvalue weighted by Gasteiger charge is 2.57. The van der Waals surface area contributed by atoms with E-state index in [9.17, 15) is 24.6 Å². The lowest BCUT2D eigenvalue weighted by Crippen LogP contribution is -2.60. The van der Waals surface area contributed by atoms with Gasteiger partial charge in [0.25, 0.3) is 0 Å². The van der Waals surface area contributed by atoms with Crippen molar-refractivity contribution in [2.24, 2.45) is 0 Å². The Balaban J connectivity index is 5.09. The summed E-state index contributed by atoms with van der Waals surface area (Å²) in [6, 6.07) is 0. The van der Waals surface area contributed by atoms with Crippen molar-refractivity contribution in [1.29, 1.82) is 0 Å². The fourth-order valence-corrected chi connectivity index (χ4v) is 3.58. The molecule has 0 aliphatic heterocycles. The number of aliphatic hydroxyl groups is 2. The lowest BCUT2D eigenvalue weighted by molar-refractivity contribution is -0.437. The van der Waals surface area contributed by atoms with E-state index < -0.39 is 29.7 Å². The largest absolute Gasteiger partial charge is 0.443 e. The first kappa shape index (κ1) is 33.3. The van der Waals surface area contributed by atoms with Gasteiger partial charge in [-0.05, 0) is 19.3 Å². The molecule has 0 aromatic heterocycles. The fourth-order valence-electron chi connectivity index (χ4n) is 3.58. The summed E-state index contributed by atoms with van der Waals surface area (Å²) >= 11 is 0. The molecule has 0 heterocycles. The van der Waals surface area contributed by atoms with Crippen LogP contribution < -0.4 is 0 Å². The van der Waals surface area contributed by atoms with Crippen LogP contribution in [-0.2, 0) is 28.6 Å². The highest BCUT2D eigenvalue weighted by Crippen LogP contribution is 2.29. The highest BCUT2D eigenvalue weighted by atomic mass is 16.9. The van der Waals surface area contributed by atoms with Gasteiger partial charge in [-0.15, -0.1) is 0 Å². The first-order chi connectivity index (χ1) is 16.6. The van der Waals surface area contributed by atoms with Gasteiger partial charge in [-0.3, -0.25) is 14.4 Å². The van der Waals surface area contributed by atoms with Gasteiger partial charge in [0.05, 0.1) is 0 Å². The molecule has 0 saturated carbocycles. The Hall–Kier alpha value is -1.67. The molecule has 0 amide bonds. The summed E-state index contributed by atoms with van der Waals surface area (Å²) in [5, 5.41) is 21.7. The lowest BCUT2D eigenvalue weighted by Gasteiger charge is -2.37. The molecule has 0 bridgehead atoms. The van der Waals surface area contributed by atoms with Crippen LogP contribution in [0.1, 0.15) is 143 Å². The summed E-state index contributed by atoms with van der Waals surface area (Å²) in [5.41, 5.74) is 0. The molecule has 0 aliphatic carbocycles. The van der Waals surface area contributed by atoms with Crippen molar-refractivity contribution in [3.63, 3.8) is 0 Å². The Bertz CT molecular complexity index is 560. The maximum Gasteiger partial charge on any atom is 0.443 e. The number of hydrogen-bond donors (Lipinski definition) is 2. The molecule has 8 heteroatoms. The smallest absolute Gasteiger partial charge is 0.422 e. The van der Waals surface area contributed by atoms with Crippen LogP contribution in [0.5, 0.6) is 0 Å². The van der Waals surface area contributed by atoms with E-state index in [1.807, 2.05) is 0 Å². The first-order valence-corrected chi connectivity index (χ1v) is 13.7. The molecule has 206 valence electrons. The zero-order valence-corrected chi connectivity index (χ0v) is 22.6. The molecule has 8 nitrogen and oxygen atoms in total. The number of carbonyl (C=O) groups is 3. The number of ether oxygens (including phenoxy) is 3. The van der Waals surface area contributed by atoms with Crippen molar-refractivity contribution in [1.82, 2.24) is 0 Å². The Morgan fingerprint density at radius 1 is 0.514 bits per heavy atom. The summed E-state index contributed by atoms with van der Waals surface area (Å²) in [7, 11) is 0. The Morgan fingerprint density at radius 2 is 0.800 bits per heavy atom. The Kier molecular flexibility index (Phi) is 18.6. The standard InChI is InChI=1S/C27H50O8/c1-5-8-11-14-17-20-23(28)33-26(4,31)27(32,34-24(29)21-18-15-12-9-6-2)35-25(30)22-19-16-13-10-7-3/h31-32H,5-22H2,1-4H3. The maximum absolute atomic E-state index is 12.4. The molecule has 1 unspecified atom stereocenters. The lowest BCUT2D eigenvalue weighted by atomic mass is 10.1. The van der Waals surface area contributed by atoms with E-state index >= 15 is 0 Å². The topological polar surface area (TPSA) is 119 Å². The van der Waals surface area contributed by atoms with Crippen LogP contribution in [0.2, 0.25) is 0 Å². The predicted octanol–water partition coefficient (Wildman–Crippen LogP) is 6.05. The van der Waals surface area contributed by atoms with E-state index in [1.165, 1.54) is 0 Å². The summed E-state index contributed by atoms with van der Waals surface area (Å²) in [4.78, 5) is 37.0. The molecule has 0 rings (SSSR count). The average Bonchev–Trinajstić information content (AvgIpc) is 2.78. The van der Waals surface area contributed by atoms with Crippen LogP contribution in [0, 0.1) is 0 Å². The van der Waals surface area contributed by atoms with E-state index in [4.69, 9.17) is 14.2 Å². The molecule has 1 atom stereocenters. The van der Waals surface area contributed by atoms with E-state index in [1.54, 1.807) is 0 Å². The van der Waals surface area contributed by atoms with Gasteiger partial charge >= 0.3 is 29.7 Å². The summed E-state index contributed by atoms with van der Waals surface area (Å²) < 4.78 is 15.1. The summed E-state index contributed by atoms with van der Waals surface area (Å²) in [6.45, 7) is 7.21. The van der Waals surface area contributed by atoms with Gasteiger partial charge in [-0.2, -0.15) is 0 Å². The van der Waals surface area contributed by atoms with Crippen molar-refractivity contribution in [3.05, 3.63) is 0 Å². The first-order valence-electron chi connectivity index (χ1n) is 13.7. The van der Waals surface area contributed by atoms with Crippen LogP contribution in [0.15, 0.2) is 0 Å². The van der Waals surface area contributed by atoms with Crippen LogP contribution in [0.25, 0.3) is 0 Å². The molecule has 0 spiro atoms. The van der Waals surface area contributed by atoms with Crippen LogP contribution >= 0.6 is 0 Å². The van der Waals surface area contributed by atoms with Gasteiger partial charge in [0.2, 0.25) is 0 Å².